The molecule has 1 N–H and O–H groups in total. The molecule has 0 saturated heterocycles. The number of aromatic nitrogens is 3. The first-order valence-electron chi connectivity index (χ1n) is 9.93. The molecule has 7 nitrogen and oxygen atoms in total. The van der Waals surface area contributed by atoms with E-state index in [1.54, 1.807) is 38.5 Å². The van der Waals surface area contributed by atoms with Crippen molar-refractivity contribution in [1.82, 2.24) is 14.8 Å². The first-order valence-corrected chi connectivity index (χ1v) is 9.93. The summed E-state index contributed by atoms with van der Waals surface area (Å²) in [6.45, 7) is 2.87. The zero-order valence-electron chi connectivity index (χ0n) is 17.3. The Morgan fingerprint density at radius 2 is 1.77 bits per heavy atom. The van der Waals surface area contributed by atoms with Crippen LogP contribution in [0.2, 0.25) is 0 Å². The Hall–Kier alpha value is -3.61. The van der Waals surface area contributed by atoms with Gasteiger partial charge < -0.3 is 14.8 Å². The number of ether oxygens (including phenoxy) is 2. The maximum absolute atomic E-state index is 12.8. The lowest BCUT2D eigenvalue weighted by Gasteiger charge is -2.05. The van der Waals surface area contributed by atoms with Gasteiger partial charge in [-0.1, -0.05) is 13.3 Å². The minimum atomic E-state index is -0.231. The number of pyridine rings is 1. The molecule has 0 unspecified atom stereocenters. The van der Waals surface area contributed by atoms with Crippen molar-refractivity contribution in [3.63, 3.8) is 0 Å². The monoisotopic (exact) mass is 404 g/mol. The van der Waals surface area contributed by atoms with Crippen molar-refractivity contribution in [2.75, 3.05) is 19.5 Å². The average Bonchev–Trinajstić information content (AvgIpc) is 3.11. The summed E-state index contributed by atoms with van der Waals surface area (Å²) in [5.41, 5.74) is 2.14. The fourth-order valence-corrected chi connectivity index (χ4v) is 3.34. The van der Waals surface area contributed by atoms with E-state index in [-0.39, 0.29) is 5.91 Å². The first kappa shape index (κ1) is 19.7. The lowest BCUT2D eigenvalue weighted by atomic mass is 10.1. The molecule has 0 saturated carbocycles. The van der Waals surface area contributed by atoms with Crippen molar-refractivity contribution < 1.29 is 14.3 Å². The van der Waals surface area contributed by atoms with E-state index in [9.17, 15) is 4.79 Å². The van der Waals surface area contributed by atoms with E-state index < -0.39 is 0 Å². The summed E-state index contributed by atoms with van der Waals surface area (Å²) in [5.74, 6) is 1.72. The predicted octanol–water partition coefficient (Wildman–Crippen LogP) is 4.65. The van der Waals surface area contributed by atoms with E-state index in [2.05, 4.69) is 17.3 Å². The van der Waals surface area contributed by atoms with Gasteiger partial charge >= 0.3 is 0 Å². The van der Waals surface area contributed by atoms with Gasteiger partial charge in [0.05, 0.1) is 25.1 Å². The summed E-state index contributed by atoms with van der Waals surface area (Å²) in [6, 6.07) is 14.7. The standard InChI is InChI=1S/C23H24N4O3/c1-4-5-12-27-22-19(14-16-13-18(30-3)10-11-20(16)24-22)21(26-27)25-23(28)15-6-8-17(29-2)9-7-15/h6-11,13-14H,4-5,12H2,1-3H3,(H,25,26,28). The number of unbranched alkanes of at least 4 members (excludes halogenated alkanes) is 1. The highest BCUT2D eigenvalue weighted by atomic mass is 16.5. The number of rotatable bonds is 7. The molecule has 0 aliphatic rings. The van der Waals surface area contributed by atoms with Crippen LogP contribution in [0.4, 0.5) is 5.82 Å². The Bertz CT molecular complexity index is 1200. The van der Waals surface area contributed by atoms with Gasteiger partial charge in [0.15, 0.2) is 11.5 Å². The van der Waals surface area contributed by atoms with E-state index >= 15 is 0 Å². The number of hydrogen-bond acceptors (Lipinski definition) is 5. The fourth-order valence-electron chi connectivity index (χ4n) is 3.34. The van der Waals surface area contributed by atoms with E-state index in [0.717, 1.165) is 47.1 Å². The number of aryl methyl sites for hydroxylation is 1. The van der Waals surface area contributed by atoms with Crippen LogP contribution in [-0.4, -0.2) is 34.9 Å². The third kappa shape index (κ3) is 3.78. The van der Waals surface area contributed by atoms with Crippen LogP contribution in [0.25, 0.3) is 21.9 Å². The van der Waals surface area contributed by atoms with E-state index in [0.29, 0.717) is 17.1 Å². The number of nitrogens with one attached hydrogen (secondary N) is 1. The van der Waals surface area contributed by atoms with Gasteiger partial charge in [0, 0.05) is 17.5 Å². The maximum atomic E-state index is 12.8. The highest BCUT2D eigenvalue weighted by Gasteiger charge is 2.16. The molecule has 2 heterocycles. The number of nitrogens with zero attached hydrogens (tertiary/aromatic N) is 3. The highest BCUT2D eigenvalue weighted by molar-refractivity contribution is 6.09. The molecule has 154 valence electrons. The molecule has 4 aromatic rings. The Kier molecular flexibility index (Phi) is 5.52. The molecule has 0 aliphatic carbocycles. The SMILES string of the molecule is CCCCn1nc(NC(=O)c2ccc(OC)cc2)c2cc3cc(OC)ccc3nc21. The Morgan fingerprint density at radius 1 is 1.03 bits per heavy atom. The van der Waals surface area contributed by atoms with Gasteiger partial charge in [-0.3, -0.25) is 4.79 Å². The molecule has 0 aliphatic heterocycles. The number of carbonyl (C=O) groups is 1. The van der Waals surface area contributed by atoms with Gasteiger partial charge in [0.1, 0.15) is 11.5 Å². The van der Waals surface area contributed by atoms with Crippen molar-refractivity contribution in [3.05, 3.63) is 54.1 Å². The van der Waals surface area contributed by atoms with Crippen LogP contribution in [-0.2, 0) is 6.54 Å². The van der Waals surface area contributed by atoms with Crippen molar-refractivity contribution in [3.8, 4) is 11.5 Å². The lowest BCUT2D eigenvalue weighted by molar-refractivity contribution is 0.102. The van der Waals surface area contributed by atoms with E-state index in [1.165, 1.54) is 0 Å². The second-order valence-corrected chi connectivity index (χ2v) is 7.03. The summed E-state index contributed by atoms with van der Waals surface area (Å²) in [7, 11) is 3.23. The molecule has 4 rings (SSSR count). The van der Waals surface area contributed by atoms with E-state index in [4.69, 9.17) is 14.5 Å². The summed E-state index contributed by atoms with van der Waals surface area (Å²) < 4.78 is 12.4. The summed E-state index contributed by atoms with van der Waals surface area (Å²) in [5, 5.41) is 9.33. The summed E-state index contributed by atoms with van der Waals surface area (Å²) >= 11 is 0. The van der Waals surface area contributed by atoms with Crippen molar-refractivity contribution >= 4 is 33.7 Å². The summed E-state index contributed by atoms with van der Waals surface area (Å²) in [4.78, 5) is 17.6. The Balaban J connectivity index is 1.76. The zero-order chi connectivity index (χ0) is 21.1. The summed E-state index contributed by atoms with van der Waals surface area (Å²) in [6.07, 6.45) is 2.02. The molecule has 7 heteroatoms. The van der Waals surface area contributed by atoms with Gasteiger partial charge in [-0.25, -0.2) is 9.67 Å². The minimum Gasteiger partial charge on any atom is -0.497 e. The Labute approximate surface area is 174 Å². The molecule has 0 radical (unpaired) electrons. The van der Waals surface area contributed by atoms with Crippen LogP contribution in [0.3, 0.4) is 0 Å². The van der Waals surface area contributed by atoms with Crippen molar-refractivity contribution in [2.24, 2.45) is 0 Å². The van der Waals surface area contributed by atoms with E-state index in [1.807, 2.05) is 28.9 Å². The zero-order valence-corrected chi connectivity index (χ0v) is 17.3. The van der Waals surface area contributed by atoms with Crippen LogP contribution >= 0.6 is 0 Å². The van der Waals surface area contributed by atoms with Gasteiger partial charge in [0.2, 0.25) is 0 Å². The number of anilines is 1. The first-order chi connectivity index (χ1) is 14.6. The lowest BCUT2D eigenvalue weighted by Crippen LogP contribution is -2.13. The third-order valence-corrected chi connectivity index (χ3v) is 5.03. The molecule has 0 spiro atoms. The number of hydrogen-bond donors (Lipinski definition) is 1. The minimum absolute atomic E-state index is 0.231. The molecule has 0 atom stereocenters. The van der Waals surface area contributed by atoms with Crippen LogP contribution in [0.15, 0.2) is 48.5 Å². The van der Waals surface area contributed by atoms with Gasteiger partial charge in [0.25, 0.3) is 5.91 Å². The number of amides is 1. The smallest absolute Gasteiger partial charge is 0.256 e. The molecular weight excluding hydrogens is 380 g/mol. The molecule has 1 amide bonds. The second-order valence-electron chi connectivity index (χ2n) is 7.03. The largest absolute Gasteiger partial charge is 0.497 e. The number of benzene rings is 2. The van der Waals surface area contributed by atoms with Crippen molar-refractivity contribution in [2.45, 2.75) is 26.3 Å². The molecule has 0 fully saturated rings. The topological polar surface area (TPSA) is 78.3 Å². The van der Waals surface area contributed by atoms with Crippen LogP contribution in [0.5, 0.6) is 11.5 Å². The molecule has 30 heavy (non-hydrogen) atoms. The normalized spacial score (nSPS) is 11.0. The second kappa shape index (κ2) is 8.41. The highest BCUT2D eigenvalue weighted by Crippen LogP contribution is 2.28. The number of fused-ring (bicyclic) bond motifs is 2. The van der Waals surface area contributed by atoms with Crippen LogP contribution < -0.4 is 14.8 Å². The number of methoxy groups -OCH3 is 2. The third-order valence-electron chi connectivity index (χ3n) is 5.03. The van der Waals surface area contributed by atoms with Gasteiger partial charge in [-0.15, -0.1) is 0 Å². The Morgan fingerprint density at radius 3 is 2.47 bits per heavy atom. The molecule has 2 aromatic carbocycles. The van der Waals surface area contributed by atoms with Crippen molar-refractivity contribution in [1.29, 1.82) is 0 Å². The average molecular weight is 404 g/mol. The fraction of sp³-hybridized carbons (Fsp3) is 0.261. The predicted molar refractivity (Wildman–Crippen MR) is 117 cm³/mol. The van der Waals surface area contributed by atoms with Crippen LogP contribution in [0, 0.1) is 0 Å². The quantitative estimate of drug-likeness (QED) is 0.485. The molecular formula is C23H24N4O3. The van der Waals surface area contributed by atoms with Crippen LogP contribution in [0.1, 0.15) is 30.1 Å². The molecule has 2 aromatic heterocycles. The maximum Gasteiger partial charge on any atom is 0.256 e. The molecule has 0 bridgehead atoms. The number of carbonyl (C=O) groups excluding carboxylic acids is 1. The van der Waals surface area contributed by atoms with Gasteiger partial charge in [-0.05, 0) is 55.0 Å². The van der Waals surface area contributed by atoms with Gasteiger partial charge in [-0.2, -0.15) is 5.10 Å².